The Balaban J connectivity index is 1.15. The molecule has 334 valence electrons. The van der Waals surface area contributed by atoms with Gasteiger partial charge < -0.3 is 44.9 Å². The number of fused-ring (bicyclic) bond motifs is 15. The molecule has 3 aromatic carbocycles. The summed E-state index contributed by atoms with van der Waals surface area (Å²) in [6, 6.07) is 23.6. The van der Waals surface area contributed by atoms with Crippen LogP contribution in [0.15, 0.2) is 72.8 Å². The first-order chi connectivity index (χ1) is 30.4. The standard InChI is InChI=1S/C48H66N8O6/c57-46(43-13-4-16-49-43)54-22-19-52-20-23-55(47(58)44-14-5-17-50-44)35-38-8-2-11-41(32-38)61-29-26-53(25-28-60-40-10-1-7-37(31-40)34-54)27-30-62-42-12-3-9-39(33-42)36-56(24-21-52)48(59)45-15-6-18-51-45/h1-3,7-12,31-33,43-45,49-51H,4-6,13-30,34-36H2/t43-,44-,45-/m0/s1. The van der Waals surface area contributed by atoms with E-state index in [-0.39, 0.29) is 35.8 Å². The Morgan fingerprint density at radius 2 is 0.758 bits per heavy atom. The first-order valence-corrected chi connectivity index (χ1v) is 23.1. The van der Waals surface area contributed by atoms with Crippen molar-refractivity contribution in [2.45, 2.75) is 76.3 Å². The first-order valence-electron chi connectivity index (χ1n) is 23.1. The summed E-state index contributed by atoms with van der Waals surface area (Å²) < 4.78 is 19.1. The predicted octanol–water partition coefficient (Wildman–Crippen LogP) is 3.10. The van der Waals surface area contributed by atoms with Crippen molar-refractivity contribution in [3.05, 3.63) is 89.5 Å². The average Bonchev–Trinajstić information content (AvgIpc) is 4.12. The first kappa shape index (κ1) is 43.9. The molecule has 6 aliphatic heterocycles. The van der Waals surface area contributed by atoms with Gasteiger partial charge in [0.2, 0.25) is 17.7 Å². The zero-order chi connectivity index (χ0) is 42.5. The summed E-state index contributed by atoms with van der Waals surface area (Å²) in [5.41, 5.74) is 3.02. The Labute approximate surface area is 367 Å². The van der Waals surface area contributed by atoms with E-state index in [1.54, 1.807) is 0 Å². The molecule has 3 aromatic rings. The normalized spacial score (nSPS) is 25.9. The van der Waals surface area contributed by atoms with Gasteiger partial charge in [-0.25, -0.2) is 0 Å². The summed E-state index contributed by atoms with van der Waals surface area (Å²) in [6.45, 7) is 10.4. The average molecular weight is 851 g/mol. The van der Waals surface area contributed by atoms with E-state index in [0.29, 0.717) is 98.4 Å². The minimum atomic E-state index is -0.218. The van der Waals surface area contributed by atoms with Crippen molar-refractivity contribution in [1.82, 2.24) is 40.4 Å². The van der Waals surface area contributed by atoms with E-state index in [1.807, 2.05) is 51.1 Å². The van der Waals surface area contributed by atoms with Crippen molar-refractivity contribution in [2.24, 2.45) is 0 Å². The van der Waals surface area contributed by atoms with Gasteiger partial charge >= 0.3 is 0 Å². The summed E-state index contributed by atoms with van der Waals surface area (Å²) in [5, 5.41) is 10.3. The lowest BCUT2D eigenvalue weighted by Crippen LogP contribution is -2.50. The quantitative estimate of drug-likeness (QED) is 0.360. The van der Waals surface area contributed by atoms with Crippen LogP contribution in [0.4, 0.5) is 0 Å². The highest BCUT2D eigenvalue weighted by Crippen LogP contribution is 2.22. The maximum absolute atomic E-state index is 14.3. The predicted molar refractivity (Wildman–Crippen MR) is 238 cm³/mol. The molecule has 14 nitrogen and oxygen atoms in total. The molecule has 3 saturated heterocycles. The van der Waals surface area contributed by atoms with E-state index in [9.17, 15) is 14.4 Å². The van der Waals surface area contributed by atoms with Crippen molar-refractivity contribution < 1.29 is 28.6 Å². The zero-order valence-corrected chi connectivity index (χ0v) is 36.3. The topological polar surface area (TPSA) is 131 Å². The molecule has 0 saturated carbocycles. The molecule has 0 aliphatic carbocycles. The Hall–Kier alpha value is -4.73. The lowest BCUT2D eigenvalue weighted by molar-refractivity contribution is -0.134. The molecule has 3 fully saturated rings. The van der Waals surface area contributed by atoms with Crippen molar-refractivity contribution in [3.63, 3.8) is 0 Å². The molecule has 62 heavy (non-hydrogen) atoms. The summed E-state index contributed by atoms with van der Waals surface area (Å²) in [5.74, 6) is 2.61. The molecule has 14 heteroatoms. The Kier molecular flexibility index (Phi) is 15.6. The third-order valence-electron chi connectivity index (χ3n) is 12.9. The summed E-state index contributed by atoms with van der Waals surface area (Å²) >= 11 is 0. The molecule has 8 bridgehead atoms. The highest BCUT2D eigenvalue weighted by molar-refractivity contribution is 5.83. The number of ether oxygens (including phenoxy) is 3. The van der Waals surface area contributed by atoms with Crippen LogP contribution in [0.3, 0.4) is 0 Å². The molecule has 0 spiro atoms. The lowest BCUT2D eigenvalue weighted by Gasteiger charge is -2.34. The monoisotopic (exact) mass is 851 g/mol. The minimum Gasteiger partial charge on any atom is -0.492 e. The van der Waals surface area contributed by atoms with Gasteiger partial charge in [0.05, 0.1) is 18.1 Å². The fourth-order valence-corrected chi connectivity index (χ4v) is 9.35. The van der Waals surface area contributed by atoms with Crippen LogP contribution < -0.4 is 30.2 Å². The van der Waals surface area contributed by atoms with Gasteiger partial charge in [-0.1, -0.05) is 36.4 Å². The molecule has 3 atom stereocenters. The highest BCUT2D eigenvalue weighted by Gasteiger charge is 2.31. The van der Waals surface area contributed by atoms with Crippen LogP contribution in [0, 0.1) is 0 Å². The number of carbonyl (C=O) groups is 3. The molecule has 0 aromatic heterocycles. The van der Waals surface area contributed by atoms with Crippen LogP contribution in [0.25, 0.3) is 0 Å². The highest BCUT2D eigenvalue weighted by atomic mass is 16.5. The molecule has 6 aliphatic rings. The number of hydrogen-bond donors (Lipinski definition) is 3. The maximum Gasteiger partial charge on any atom is 0.240 e. The van der Waals surface area contributed by atoms with Crippen LogP contribution in [0.2, 0.25) is 0 Å². The molecule has 0 unspecified atom stereocenters. The number of benzene rings is 3. The van der Waals surface area contributed by atoms with Crippen LogP contribution in [-0.2, 0) is 34.0 Å². The number of amides is 3. The second-order valence-electron chi connectivity index (χ2n) is 17.4. The smallest absolute Gasteiger partial charge is 0.240 e. The van der Waals surface area contributed by atoms with E-state index in [2.05, 4.69) is 62.1 Å². The number of rotatable bonds is 3. The molecule has 9 rings (SSSR count). The summed E-state index contributed by atoms with van der Waals surface area (Å²) in [4.78, 5) is 53.5. The zero-order valence-electron chi connectivity index (χ0n) is 36.3. The molecule has 3 amide bonds. The van der Waals surface area contributed by atoms with Gasteiger partial charge in [-0.05, 0) is 111 Å². The van der Waals surface area contributed by atoms with Crippen LogP contribution in [-0.4, -0.2) is 159 Å². The second kappa shape index (κ2) is 22.1. The van der Waals surface area contributed by atoms with E-state index in [1.165, 1.54) is 0 Å². The van der Waals surface area contributed by atoms with Gasteiger partial charge in [0, 0.05) is 78.5 Å². The van der Waals surface area contributed by atoms with E-state index in [4.69, 9.17) is 14.2 Å². The largest absolute Gasteiger partial charge is 0.492 e. The van der Waals surface area contributed by atoms with E-state index in [0.717, 1.165) is 92.1 Å². The third kappa shape index (κ3) is 12.3. The molecule has 3 N–H and O–H groups in total. The Morgan fingerprint density at radius 3 is 1.06 bits per heavy atom. The maximum atomic E-state index is 14.3. The van der Waals surface area contributed by atoms with Crippen molar-refractivity contribution in [2.75, 3.05) is 98.4 Å². The lowest BCUT2D eigenvalue weighted by atomic mass is 10.1. The second-order valence-corrected chi connectivity index (χ2v) is 17.4. The minimum absolute atomic E-state index is 0.103. The van der Waals surface area contributed by atoms with E-state index >= 15 is 0 Å². The van der Waals surface area contributed by atoms with Gasteiger partial charge in [-0.2, -0.15) is 0 Å². The number of hydrogen-bond acceptors (Lipinski definition) is 11. The fraction of sp³-hybridized carbons (Fsp3) is 0.562. The SMILES string of the molecule is O=C([C@@H]1CCCN1)N1CCN2CCN(C(=O)[C@@H]3CCCN3)Cc3cccc(c3)OCCN(CCOc3cccc(c3)C1)CCOc1cccc(c1)CN(C(=O)[C@@H]1CCCN1)CC2. The molecular formula is C48H66N8O6. The van der Waals surface area contributed by atoms with Gasteiger partial charge in [0.1, 0.15) is 37.1 Å². The molecular weight excluding hydrogens is 785 g/mol. The van der Waals surface area contributed by atoms with E-state index < -0.39 is 0 Å². The fourth-order valence-electron chi connectivity index (χ4n) is 9.35. The summed E-state index contributed by atoms with van der Waals surface area (Å²) in [6.07, 6.45) is 5.36. The third-order valence-corrected chi connectivity index (χ3v) is 12.9. The van der Waals surface area contributed by atoms with Crippen molar-refractivity contribution in [1.29, 1.82) is 0 Å². The van der Waals surface area contributed by atoms with Gasteiger partial charge in [0.15, 0.2) is 0 Å². The number of nitrogens with zero attached hydrogens (tertiary/aromatic N) is 5. The van der Waals surface area contributed by atoms with Crippen LogP contribution in [0.1, 0.15) is 55.2 Å². The molecule has 0 radical (unpaired) electrons. The van der Waals surface area contributed by atoms with Gasteiger partial charge in [0.25, 0.3) is 0 Å². The van der Waals surface area contributed by atoms with Gasteiger partial charge in [-0.3, -0.25) is 24.2 Å². The molecule has 6 heterocycles. The summed E-state index contributed by atoms with van der Waals surface area (Å²) in [7, 11) is 0. The van der Waals surface area contributed by atoms with Crippen molar-refractivity contribution in [3.8, 4) is 17.2 Å². The van der Waals surface area contributed by atoms with Crippen LogP contribution >= 0.6 is 0 Å². The number of nitrogens with one attached hydrogen (secondary N) is 3. The Morgan fingerprint density at radius 1 is 0.435 bits per heavy atom. The van der Waals surface area contributed by atoms with Gasteiger partial charge in [-0.15, -0.1) is 0 Å². The van der Waals surface area contributed by atoms with Crippen LogP contribution in [0.5, 0.6) is 17.2 Å². The Bertz CT molecular complexity index is 1710. The number of carbonyl (C=O) groups excluding carboxylic acids is 3. The van der Waals surface area contributed by atoms with Crippen molar-refractivity contribution >= 4 is 17.7 Å².